The molecule has 1 aliphatic heterocycles. The predicted octanol–water partition coefficient (Wildman–Crippen LogP) is 4.31. The van der Waals surface area contributed by atoms with Crippen LogP contribution in [-0.4, -0.2) is 19.6 Å². The first-order valence-electron chi connectivity index (χ1n) is 8.99. The molecule has 28 heavy (non-hydrogen) atoms. The Labute approximate surface area is 165 Å². The predicted molar refractivity (Wildman–Crippen MR) is 112 cm³/mol. The Balaban J connectivity index is 1.92. The van der Waals surface area contributed by atoms with Gasteiger partial charge in [0.25, 0.3) is 5.56 Å². The second kappa shape index (κ2) is 6.14. The van der Waals surface area contributed by atoms with Crippen LogP contribution in [0.2, 0.25) is 0 Å². The van der Waals surface area contributed by atoms with E-state index in [-0.39, 0.29) is 11.3 Å². The number of pyridine rings is 1. The van der Waals surface area contributed by atoms with Crippen LogP contribution in [0.3, 0.4) is 0 Å². The first kappa shape index (κ1) is 16.9. The van der Waals surface area contributed by atoms with Gasteiger partial charge < -0.3 is 9.67 Å². The summed E-state index contributed by atoms with van der Waals surface area (Å²) in [4.78, 5) is 23.3. The van der Waals surface area contributed by atoms with Crippen LogP contribution >= 0.6 is 11.3 Å². The maximum atomic E-state index is 12.9. The fourth-order valence-electron chi connectivity index (χ4n) is 3.78. The maximum absolute atomic E-state index is 12.9. The van der Waals surface area contributed by atoms with Crippen LogP contribution in [0.1, 0.15) is 33.0 Å². The Morgan fingerprint density at radius 3 is 2.68 bits per heavy atom. The van der Waals surface area contributed by atoms with Gasteiger partial charge in [0.15, 0.2) is 0 Å². The van der Waals surface area contributed by atoms with Crippen molar-refractivity contribution in [3.8, 4) is 0 Å². The van der Waals surface area contributed by atoms with Gasteiger partial charge in [-0.3, -0.25) is 9.78 Å². The lowest BCUT2D eigenvalue weighted by molar-refractivity contribution is 0.512. The molecule has 0 fully saturated rings. The molecule has 0 saturated heterocycles. The summed E-state index contributed by atoms with van der Waals surface area (Å²) in [6.45, 7) is 4.60. The lowest BCUT2D eigenvalue weighted by atomic mass is 9.92. The number of rotatable bonds is 1. The minimum absolute atomic E-state index is 0.0968. The quantitative estimate of drug-likeness (QED) is 0.435. The van der Waals surface area contributed by atoms with Crippen LogP contribution in [0.25, 0.3) is 21.5 Å². The van der Waals surface area contributed by atoms with E-state index in [1.807, 2.05) is 32.0 Å². The number of thiophene rings is 1. The molecule has 0 saturated carbocycles. The van der Waals surface area contributed by atoms with E-state index in [2.05, 4.69) is 20.6 Å². The van der Waals surface area contributed by atoms with E-state index in [9.17, 15) is 9.90 Å². The van der Waals surface area contributed by atoms with Gasteiger partial charge in [0.2, 0.25) is 0 Å². The highest BCUT2D eigenvalue weighted by molar-refractivity contribution is 7.18. The van der Waals surface area contributed by atoms with E-state index in [0.29, 0.717) is 28.9 Å². The largest absolute Gasteiger partial charge is 0.507 e. The number of hydrogen-bond donors (Lipinski definition) is 1. The molecule has 0 unspecified atom stereocenters. The lowest BCUT2D eigenvalue weighted by Gasteiger charge is -2.25. The molecule has 5 rings (SSSR count). The second-order valence-electron chi connectivity index (χ2n) is 6.91. The highest BCUT2D eigenvalue weighted by Gasteiger charge is 2.28. The van der Waals surface area contributed by atoms with Crippen LogP contribution in [0, 0.1) is 13.8 Å². The molecule has 5 nitrogen and oxygen atoms in total. The number of nitrogens with zero attached hydrogens (tertiary/aromatic N) is 3. The van der Waals surface area contributed by atoms with E-state index in [1.165, 1.54) is 0 Å². The molecule has 0 radical (unpaired) electrons. The Morgan fingerprint density at radius 2 is 1.89 bits per heavy atom. The van der Waals surface area contributed by atoms with Gasteiger partial charge in [0.1, 0.15) is 16.4 Å². The first-order chi connectivity index (χ1) is 13.6. The summed E-state index contributed by atoms with van der Waals surface area (Å²) >= 11 is 1.60. The highest BCUT2D eigenvalue weighted by Crippen LogP contribution is 2.38. The average Bonchev–Trinajstić information content (AvgIpc) is 3.02. The van der Waals surface area contributed by atoms with Gasteiger partial charge in [-0.2, -0.15) is 4.98 Å². The molecular formula is C22H17N3O2S. The number of benzene rings is 1. The van der Waals surface area contributed by atoms with Crippen LogP contribution in [-0.2, 0) is 6.54 Å². The third-order valence-corrected chi connectivity index (χ3v) is 6.55. The molecule has 4 aromatic rings. The third kappa shape index (κ3) is 2.34. The first-order valence-corrected chi connectivity index (χ1v) is 9.80. The van der Waals surface area contributed by atoms with Crippen molar-refractivity contribution in [2.75, 3.05) is 0 Å². The van der Waals surface area contributed by atoms with Gasteiger partial charge in [-0.1, -0.05) is 24.3 Å². The van der Waals surface area contributed by atoms with Crippen LogP contribution in [0.5, 0.6) is 0 Å². The molecule has 0 spiro atoms. The van der Waals surface area contributed by atoms with Crippen molar-refractivity contribution in [3.05, 3.63) is 92.1 Å². The van der Waals surface area contributed by atoms with Crippen molar-refractivity contribution in [2.24, 2.45) is 0 Å². The monoisotopic (exact) mass is 387 g/mol. The van der Waals surface area contributed by atoms with Crippen LogP contribution in [0.4, 0.5) is 0 Å². The zero-order valence-corrected chi connectivity index (χ0v) is 16.2. The SMILES string of the molecule is Cc1sc2c(c1C)c(=O)nc1n2Cc2ccccc2/C1=C(/O)c1ccncc1. The molecule has 138 valence electrons. The summed E-state index contributed by atoms with van der Waals surface area (Å²) in [5.41, 5.74) is 3.93. The molecule has 0 amide bonds. The Kier molecular flexibility index (Phi) is 3.70. The molecule has 0 bridgehead atoms. The van der Waals surface area contributed by atoms with Crippen molar-refractivity contribution in [1.29, 1.82) is 0 Å². The van der Waals surface area contributed by atoms with Crippen molar-refractivity contribution in [2.45, 2.75) is 20.4 Å². The molecule has 1 aliphatic rings. The highest BCUT2D eigenvalue weighted by atomic mass is 32.1. The number of aryl methyl sites for hydroxylation is 2. The molecule has 1 aromatic carbocycles. The molecule has 3 aromatic heterocycles. The molecule has 0 aliphatic carbocycles. The van der Waals surface area contributed by atoms with Gasteiger partial charge in [0.05, 0.1) is 17.5 Å². The molecular weight excluding hydrogens is 370 g/mol. The van der Waals surface area contributed by atoms with E-state index in [1.54, 1.807) is 35.9 Å². The number of hydrogen-bond acceptors (Lipinski definition) is 5. The molecule has 0 atom stereocenters. The Hall–Kier alpha value is -3.25. The van der Waals surface area contributed by atoms with Gasteiger partial charge in [-0.15, -0.1) is 11.3 Å². The fraction of sp³-hybridized carbons (Fsp3) is 0.136. The Bertz CT molecular complexity index is 1330. The van der Waals surface area contributed by atoms with Gasteiger partial charge >= 0.3 is 0 Å². The number of aromatic nitrogens is 3. The van der Waals surface area contributed by atoms with E-state index in [4.69, 9.17) is 0 Å². The van der Waals surface area contributed by atoms with Crippen molar-refractivity contribution in [1.82, 2.24) is 14.5 Å². The Morgan fingerprint density at radius 1 is 1.14 bits per heavy atom. The molecule has 4 heterocycles. The summed E-state index contributed by atoms with van der Waals surface area (Å²) in [6, 6.07) is 11.4. The van der Waals surface area contributed by atoms with Crippen molar-refractivity contribution >= 4 is 32.9 Å². The zero-order valence-electron chi connectivity index (χ0n) is 15.4. The summed E-state index contributed by atoms with van der Waals surface area (Å²) in [7, 11) is 0. The summed E-state index contributed by atoms with van der Waals surface area (Å²) in [5.74, 6) is 0.603. The lowest BCUT2D eigenvalue weighted by Crippen LogP contribution is -2.23. The standard InChI is InChI=1S/C22H17N3O2S/c1-12-13(2)28-22-17(12)21(27)24-20-18(19(26)14-7-9-23-10-8-14)16-6-4-3-5-15(16)11-25(20)22/h3-10,26H,11H2,1-2H3/b19-18-. The topological polar surface area (TPSA) is 68.0 Å². The fourth-order valence-corrected chi connectivity index (χ4v) is 4.93. The molecule has 6 heteroatoms. The van der Waals surface area contributed by atoms with Gasteiger partial charge in [-0.05, 0) is 42.7 Å². The number of aliphatic hydroxyl groups excluding tert-OH is 1. The normalized spacial score (nSPS) is 14.6. The van der Waals surface area contributed by atoms with Gasteiger partial charge in [0, 0.05) is 22.8 Å². The minimum Gasteiger partial charge on any atom is -0.507 e. The minimum atomic E-state index is -0.248. The van der Waals surface area contributed by atoms with Crippen molar-refractivity contribution < 1.29 is 5.11 Å². The van der Waals surface area contributed by atoms with Gasteiger partial charge in [-0.25, -0.2) is 0 Å². The smallest absolute Gasteiger partial charge is 0.282 e. The van der Waals surface area contributed by atoms with Crippen LogP contribution in [0.15, 0.2) is 53.6 Å². The maximum Gasteiger partial charge on any atom is 0.282 e. The zero-order chi connectivity index (χ0) is 19.4. The third-order valence-electron chi connectivity index (χ3n) is 5.32. The molecule has 1 N–H and O–H groups in total. The summed E-state index contributed by atoms with van der Waals surface area (Å²) < 4.78 is 2.05. The van der Waals surface area contributed by atoms with E-state index in [0.717, 1.165) is 26.4 Å². The summed E-state index contributed by atoms with van der Waals surface area (Å²) in [5, 5.41) is 11.8. The van der Waals surface area contributed by atoms with Crippen molar-refractivity contribution in [3.63, 3.8) is 0 Å². The summed E-state index contributed by atoms with van der Waals surface area (Å²) in [6.07, 6.45) is 3.27. The second-order valence-corrected chi connectivity index (χ2v) is 8.11. The number of fused-ring (bicyclic) bond motifs is 4. The van der Waals surface area contributed by atoms with Crippen LogP contribution < -0.4 is 5.56 Å². The average molecular weight is 387 g/mol. The van der Waals surface area contributed by atoms with E-state index >= 15 is 0 Å². The van der Waals surface area contributed by atoms with E-state index < -0.39 is 0 Å². The number of aliphatic hydroxyl groups is 1.